The van der Waals surface area contributed by atoms with E-state index in [9.17, 15) is 9.18 Å². The number of benzene rings is 1. The van der Waals surface area contributed by atoms with Crippen molar-refractivity contribution < 1.29 is 9.18 Å². The molecule has 114 valence electrons. The lowest BCUT2D eigenvalue weighted by atomic mass is 9.89. The number of terminal acetylenes is 1. The zero-order valence-electron chi connectivity index (χ0n) is 12.1. The summed E-state index contributed by atoms with van der Waals surface area (Å²) < 4.78 is 14.8. The summed E-state index contributed by atoms with van der Waals surface area (Å²) in [4.78, 5) is 12.1. The van der Waals surface area contributed by atoms with Gasteiger partial charge in [-0.15, -0.1) is 12.3 Å². The van der Waals surface area contributed by atoms with Gasteiger partial charge in [-0.25, -0.2) is 4.39 Å². The molecule has 0 radical (unpaired) electrons. The second-order valence-electron chi connectivity index (χ2n) is 5.06. The third-order valence-corrected chi connectivity index (χ3v) is 5.04. The number of Topliss-reactive ketones (excluding diaryl/α,β-unsaturated/α-hetero) is 1. The molecular weight excluding hydrogens is 399 g/mol. The zero-order valence-corrected chi connectivity index (χ0v) is 15.3. The van der Waals surface area contributed by atoms with Crippen molar-refractivity contribution in [2.75, 3.05) is 5.33 Å². The number of ketones is 1. The first-order chi connectivity index (χ1) is 10.0. The molecule has 1 aromatic rings. The summed E-state index contributed by atoms with van der Waals surface area (Å²) in [6, 6.07) is 3.57. The third kappa shape index (κ3) is 5.23. The molecule has 0 spiro atoms. The summed E-state index contributed by atoms with van der Waals surface area (Å²) >= 11 is 6.45. The third-order valence-electron chi connectivity index (χ3n) is 3.51. The van der Waals surface area contributed by atoms with Crippen molar-refractivity contribution in [3.63, 3.8) is 0 Å². The highest BCUT2D eigenvalue weighted by atomic mass is 79.9. The molecule has 1 atom stereocenters. The van der Waals surface area contributed by atoms with E-state index in [1.54, 1.807) is 6.07 Å². The molecule has 0 aliphatic carbocycles. The van der Waals surface area contributed by atoms with Gasteiger partial charge in [0, 0.05) is 12.3 Å². The van der Waals surface area contributed by atoms with E-state index in [4.69, 9.17) is 6.42 Å². The van der Waals surface area contributed by atoms with E-state index in [1.165, 1.54) is 0 Å². The lowest BCUT2D eigenvalue weighted by molar-refractivity contribution is -0.118. The minimum atomic E-state index is -0.396. The number of hydrogen-bond donors (Lipinski definition) is 0. The predicted octanol–water partition coefficient (Wildman–Crippen LogP) is 5.53. The number of carbonyl (C=O) groups excluding carboxylic acids is 1. The molecule has 0 aromatic heterocycles. The van der Waals surface area contributed by atoms with Gasteiger partial charge in [-0.3, -0.25) is 4.79 Å². The molecule has 0 saturated carbocycles. The average Bonchev–Trinajstić information content (AvgIpc) is 2.49. The number of carbonyl (C=O) groups is 1. The fourth-order valence-electron chi connectivity index (χ4n) is 2.27. The lowest BCUT2D eigenvalue weighted by Crippen LogP contribution is -2.16. The minimum absolute atomic E-state index is 0.0154. The van der Waals surface area contributed by atoms with Crippen molar-refractivity contribution in [2.24, 2.45) is 0 Å². The summed E-state index contributed by atoms with van der Waals surface area (Å²) in [6.07, 6.45) is 9.41. The van der Waals surface area contributed by atoms with Crippen molar-refractivity contribution in [3.8, 4) is 12.3 Å². The molecule has 0 amide bonds. The van der Waals surface area contributed by atoms with Crippen LogP contribution in [0.4, 0.5) is 4.39 Å². The Balaban J connectivity index is 2.86. The van der Waals surface area contributed by atoms with Crippen molar-refractivity contribution in [2.45, 2.75) is 44.9 Å². The van der Waals surface area contributed by atoms with Crippen LogP contribution in [0.1, 0.15) is 49.1 Å². The number of aryl methyl sites for hydroxylation is 1. The van der Waals surface area contributed by atoms with E-state index < -0.39 is 5.92 Å². The van der Waals surface area contributed by atoms with Crippen LogP contribution in [0.5, 0.6) is 0 Å². The standard InChI is InChI=1S/C17H19Br2FO/c1-3-4-5-6-7-8-13(15(21)11-18)14-10-9-12(2)16(19)17(14)20/h1,9-10,13H,4-8,11H2,2H3. The van der Waals surface area contributed by atoms with Gasteiger partial charge in [0.1, 0.15) is 5.82 Å². The Morgan fingerprint density at radius 3 is 2.71 bits per heavy atom. The molecule has 4 heteroatoms. The van der Waals surface area contributed by atoms with E-state index in [-0.39, 0.29) is 16.9 Å². The summed E-state index contributed by atoms with van der Waals surface area (Å²) in [5.74, 6) is 1.90. The monoisotopic (exact) mass is 416 g/mol. The molecule has 1 aromatic carbocycles. The Morgan fingerprint density at radius 2 is 2.10 bits per heavy atom. The van der Waals surface area contributed by atoms with Crippen LogP contribution in [-0.2, 0) is 4.79 Å². The Bertz CT molecular complexity index is 534. The Labute approximate surface area is 143 Å². The van der Waals surface area contributed by atoms with Crippen LogP contribution >= 0.6 is 31.9 Å². The van der Waals surface area contributed by atoms with Crippen LogP contribution < -0.4 is 0 Å². The highest BCUT2D eigenvalue weighted by Gasteiger charge is 2.23. The van der Waals surface area contributed by atoms with Crippen LogP contribution in [0.15, 0.2) is 16.6 Å². The van der Waals surface area contributed by atoms with E-state index in [0.29, 0.717) is 16.5 Å². The van der Waals surface area contributed by atoms with Gasteiger partial charge in [0.2, 0.25) is 0 Å². The first-order valence-corrected chi connectivity index (χ1v) is 8.91. The van der Waals surface area contributed by atoms with Gasteiger partial charge >= 0.3 is 0 Å². The number of hydrogen-bond acceptors (Lipinski definition) is 1. The highest BCUT2D eigenvalue weighted by Crippen LogP contribution is 2.32. The molecule has 0 aliphatic rings. The zero-order chi connectivity index (χ0) is 15.8. The minimum Gasteiger partial charge on any atom is -0.298 e. The predicted molar refractivity (Wildman–Crippen MR) is 92.3 cm³/mol. The number of rotatable bonds is 8. The SMILES string of the molecule is C#CCCCCCC(C(=O)CBr)c1ccc(C)c(Br)c1F. The molecule has 0 aliphatic heterocycles. The van der Waals surface area contributed by atoms with Crippen molar-refractivity contribution in [1.82, 2.24) is 0 Å². The van der Waals surface area contributed by atoms with Crippen LogP contribution in [0.3, 0.4) is 0 Å². The summed E-state index contributed by atoms with van der Waals surface area (Å²) in [7, 11) is 0. The Hall–Kier alpha value is -0.660. The second-order valence-corrected chi connectivity index (χ2v) is 6.41. The van der Waals surface area contributed by atoms with Crippen LogP contribution in [0.25, 0.3) is 0 Å². The normalized spacial score (nSPS) is 12.0. The summed E-state index contributed by atoms with van der Waals surface area (Å²) in [5.41, 5.74) is 1.31. The van der Waals surface area contributed by atoms with Gasteiger partial charge in [-0.1, -0.05) is 40.9 Å². The van der Waals surface area contributed by atoms with Gasteiger partial charge in [0.15, 0.2) is 5.78 Å². The number of alkyl halides is 1. The molecule has 1 rings (SSSR count). The maximum Gasteiger partial charge on any atom is 0.150 e. The quantitative estimate of drug-likeness (QED) is 0.309. The topological polar surface area (TPSA) is 17.1 Å². The number of halogens is 3. The maximum atomic E-state index is 14.4. The largest absolute Gasteiger partial charge is 0.298 e. The smallest absolute Gasteiger partial charge is 0.150 e. The van der Waals surface area contributed by atoms with Crippen molar-refractivity contribution >= 4 is 37.6 Å². The molecule has 0 N–H and O–H groups in total. The first kappa shape index (κ1) is 18.4. The molecule has 21 heavy (non-hydrogen) atoms. The van der Waals surface area contributed by atoms with E-state index in [0.717, 1.165) is 31.2 Å². The highest BCUT2D eigenvalue weighted by molar-refractivity contribution is 9.10. The molecule has 0 saturated heterocycles. The van der Waals surface area contributed by atoms with Gasteiger partial charge in [-0.05, 0) is 46.8 Å². The van der Waals surface area contributed by atoms with Gasteiger partial charge < -0.3 is 0 Å². The van der Waals surface area contributed by atoms with Crippen molar-refractivity contribution in [1.29, 1.82) is 0 Å². The molecule has 0 heterocycles. The Kier molecular flexibility index (Phi) is 8.21. The average molecular weight is 418 g/mol. The molecule has 1 unspecified atom stereocenters. The van der Waals surface area contributed by atoms with Crippen LogP contribution in [-0.4, -0.2) is 11.1 Å². The maximum absolute atomic E-state index is 14.4. The van der Waals surface area contributed by atoms with Crippen LogP contribution in [0, 0.1) is 25.1 Å². The molecular formula is C17H19Br2FO. The second kappa shape index (κ2) is 9.38. The summed E-state index contributed by atoms with van der Waals surface area (Å²) in [6.45, 7) is 1.83. The van der Waals surface area contributed by atoms with E-state index >= 15 is 0 Å². The fourth-order valence-corrected chi connectivity index (χ4v) is 3.02. The number of unbranched alkanes of at least 4 members (excludes halogenated alkanes) is 3. The lowest BCUT2D eigenvalue weighted by Gasteiger charge is -2.17. The van der Waals surface area contributed by atoms with Gasteiger partial charge in [0.25, 0.3) is 0 Å². The van der Waals surface area contributed by atoms with Gasteiger partial charge in [-0.2, -0.15) is 0 Å². The molecule has 0 fully saturated rings. The van der Waals surface area contributed by atoms with Crippen molar-refractivity contribution in [3.05, 3.63) is 33.5 Å². The fraction of sp³-hybridized carbons (Fsp3) is 0.471. The first-order valence-electron chi connectivity index (χ1n) is 6.99. The summed E-state index contributed by atoms with van der Waals surface area (Å²) in [5, 5.41) is 0.243. The molecule has 0 bridgehead atoms. The van der Waals surface area contributed by atoms with Gasteiger partial charge in [0.05, 0.1) is 9.80 Å². The molecule has 1 nitrogen and oxygen atoms in total. The van der Waals surface area contributed by atoms with E-state index in [1.807, 2.05) is 13.0 Å². The Morgan fingerprint density at radius 1 is 1.38 bits per heavy atom. The van der Waals surface area contributed by atoms with E-state index in [2.05, 4.69) is 37.8 Å². The van der Waals surface area contributed by atoms with Crippen LogP contribution in [0.2, 0.25) is 0 Å².